The molecule has 0 heterocycles. The molecule has 2 rings (SSSR count). The summed E-state index contributed by atoms with van der Waals surface area (Å²) in [5.74, 6) is 0.355. The molecule has 0 bridgehead atoms. The third kappa shape index (κ3) is 4.40. The van der Waals surface area contributed by atoms with Crippen molar-refractivity contribution in [2.45, 2.75) is 38.6 Å². The minimum absolute atomic E-state index is 0.0660. The van der Waals surface area contributed by atoms with Crippen LogP contribution in [0.25, 0.3) is 6.08 Å². The molecule has 2 aromatic carbocycles. The highest BCUT2D eigenvalue weighted by molar-refractivity contribution is 6.21. The third-order valence-corrected chi connectivity index (χ3v) is 4.43. The molecule has 1 atom stereocenters. The van der Waals surface area contributed by atoms with Gasteiger partial charge in [0.25, 0.3) is 5.69 Å². The van der Waals surface area contributed by atoms with E-state index in [1.807, 2.05) is 19.1 Å². The molecular weight excluding hydrogens is 336 g/mol. The van der Waals surface area contributed by atoms with Gasteiger partial charge in [0, 0.05) is 24.4 Å². The maximum Gasteiger partial charge on any atom is 0.270 e. The molecule has 0 aliphatic rings. The predicted molar refractivity (Wildman–Crippen MR) is 105 cm³/mol. The van der Waals surface area contributed by atoms with Gasteiger partial charge in [0.15, 0.2) is 0 Å². The molecular formula is C20H23ClN2O2. The van der Waals surface area contributed by atoms with E-state index in [1.54, 1.807) is 18.2 Å². The zero-order chi connectivity index (χ0) is 18.6. The third-order valence-electron chi connectivity index (χ3n) is 4.20. The molecule has 0 fully saturated rings. The van der Waals surface area contributed by atoms with Gasteiger partial charge >= 0.3 is 0 Å². The Balaban J connectivity index is 2.36. The quantitative estimate of drug-likeness (QED) is 0.360. The van der Waals surface area contributed by atoms with Crippen LogP contribution in [0.4, 0.5) is 11.4 Å². The number of hydrogen-bond donors (Lipinski definition) is 1. The molecule has 0 aromatic heterocycles. The lowest BCUT2D eigenvalue weighted by atomic mass is 9.96. The summed E-state index contributed by atoms with van der Waals surface area (Å²) in [5, 5.41) is 14.3. The molecule has 0 saturated heterocycles. The average molecular weight is 359 g/mol. The van der Waals surface area contributed by atoms with E-state index in [9.17, 15) is 10.1 Å². The van der Waals surface area contributed by atoms with Crippen LogP contribution in [-0.2, 0) is 6.54 Å². The van der Waals surface area contributed by atoms with Gasteiger partial charge in [0.05, 0.1) is 10.3 Å². The largest absolute Gasteiger partial charge is 0.380 e. The highest BCUT2D eigenvalue weighted by Gasteiger charge is 2.15. The number of nitrogens with one attached hydrogen (secondary N) is 1. The first kappa shape index (κ1) is 19.0. The zero-order valence-corrected chi connectivity index (χ0v) is 15.5. The van der Waals surface area contributed by atoms with E-state index in [2.05, 4.69) is 31.8 Å². The molecule has 132 valence electrons. The molecule has 2 aromatic rings. The van der Waals surface area contributed by atoms with Crippen LogP contribution in [0.5, 0.6) is 0 Å². The highest BCUT2D eigenvalue weighted by atomic mass is 35.5. The second-order valence-electron chi connectivity index (χ2n) is 6.28. The Morgan fingerprint density at radius 1 is 1.24 bits per heavy atom. The summed E-state index contributed by atoms with van der Waals surface area (Å²) in [6.07, 6.45) is 1.64. The number of nitro benzene ring substituents is 1. The summed E-state index contributed by atoms with van der Waals surface area (Å²) in [6.45, 7) is 10.5. The molecule has 5 heteroatoms. The fraction of sp³-hybridized carbons (Fsp3) is 0.300. The normalized spacial score (nSPS) is 12.0. The summed E-state index contributed by atoms with van der Waals surface area (Å²) in [5.41, 5.74) is 5.06. The van der Waals surface area contributed by atoms with Crippen molar-refractivity contribution in [2.24, 2.45) is 0 Å². The van der Waals surface area contributed by atoms with E-state index in [-0.39, 0.29) is 11.1 Å². The topological polar surface area (TPSA) is 55.2 Å². The van der Waals surface area contributed by atoms with Crippen LogP contribution in [-0.4, -0.2) is 4.92 Å². The zero-order valence-electron chi connectivity index (χ0n) is 14.8. The number of nitrogens with zero attached hydrogens (tertiary/aromatic N) is 1. The van der Waals surface area contributed by atoms with Crippen molar-refractivity contribution in [3.05, 3.63) is 75.3 Å². The smallest absolute Gasteiger partial charge is 0.270 e. The molecule has 25 heavy (non-hydrogen) atoms. The lowest BCUT2D eigenvalue weighted by molar-refractivity contribution is -0.384. The van der Waals surface area contributed by atoms with E-state index in [1.165, 1.54) is 11.6 Å². The number of nitro groups is 1. The monoisotopic (exact) mass is 358 g/mol. The van der Waals surface area contributed by atoms with Gasteiger partial charge in [0.1, 0.15) is 0 Å². The van der Waals surface area contributed by atoms with Gasteiger partial charge in [-0.1, -0.05) is 44.7 Å². The number of alkyl halides is 1. The fourth-order valence-electron chi connectivity index (χ4n) is 2.84. The first-order valence-corrected chi connectivity index (χ1v) is 8.69. The molecule has 1 unspecified atom stereocenters. The van der Waals surface area contributed by atoms with Gasteiger partial charge in [-0.15, -0.1) is 11.6 Å². The summed E-state index contributed by atoms with van der Waals surface area (Å²) >= 11 is 6.35. The Morgan fingerprint density at radius 2 is 1.92 bits per heavy atom. The number of hydrogen-bond acceptors (Lipinski definition) is 3. The van der Waals surface area contributed by atoms with Gasteiger partial charge in [0.2, 0.25) is 0 Å². The van der Waals surface area contributed by atoms with Crippen LogP contribution < -0.4 is 5.32 Å². The van der Waals surface area contributed by atoms with Crippen LogP contribution in [0.15, 0.2) is 43.0 Å². The lowest BCUT2D eigenvalue weighted by Gasteiger charge is -2.20. The van der Waals surface area contributed by atoms with Gasteiger partial charge in [-0.3, -0.25) is 10.1 Å². The van der Waals surface area contributed by atoms with Crippen molar-refractivity contribution in [1.29, 1.82) is 0 Å². The maximum atomic E-state index is 10.9. The SMILES string of the molecule is C=Cc1cc([N+](=O)[O-])ccc1CNc1c(C(C)C)cccc1C(C)Cl. The maximum absolute atomic E-state index is 10.9. The Hall–Kier alpha value is -2.33. The number of benzene rings is 2. The lowest BCUT2D eigenvalue weighted by Crippen LogP contribution is -2.08. The minimum atomic E-state index is -0.397. The van der Waals surface area contributed by atoms with Crippen molar-refractivity contribution in [2.75, 3.05) is 5.32 Å². The van der Waals surface area contributed by atoms with Crippen molar-refractivity contribution in [1.82, 2.24) is 0 Å². The van der Waals surface area contributed by atoms with Crippen LogP contribution in [0.2, 0.25) is 0 Å². The summed E-state index contributed by atoms with van der Waals surface area (Å²) < 4.78 is 0. The standard InChI is InChI=1S/C20H23ClN2O2/c1-5-15-11-17(23(24)25)10-9-16(15)12-22-20-18(13(2)3)7-6-8-19(20)14(4)21/h5-11,13-14,22H,1,12H2,2-4H3. The fourth-order valence-corrected chi connectivity index (χ4v) is 3.02. The summed E-state index contributed by atoms with van der Waals surface area (Å²) in [7, 11) is 0. The number of halogens is 1. The van der Waals surface area contributed by atoms with Gasteiger partial charge < -0.3 is 5.32 Å². The van der Waals surface area contributed by atoms with E-state index in [4.69, 9.17) is 11.6 Å². The van der Waals surface area contributed by atoms with Crippen molar-refractivity contribution >= 4 is 29.1 Å². The summed E-state index contributed by atoms with van der Waals surface area (Å²) in [4.78, 5) is 10.5. The van der Waals surface area contributed by atoms with Crippen LogP contribution in [0.3, 0.4) is 0 Å². The average Bonchev–Trinajstić information content (AvgIpc) is 2.58. The Bertz CT molecular complexity index is 759. The minimum Gasteiger partial charge on any atom is -0.380 e. The van der Waals surface area contributed by atoms with E-state index >= 15 is 0 Å². The van der Waals surface area contributed by atoms with E-state index in [0.29, 0.717) is 12.5 Å². The molecule has 0 saturated carbocycles. The van der Waals surface area contributed by atoms with Crippen molar-refractivity contribution < 1.29 is 4.92 Å². The number of para-hydroxylation sites is 1. The second-order valence-corrected chi connectivity index (χ2v) is 6.93. The Morgan fingerprint density at radius 3 is 2.48 bits per heavy atom. The van der Waals surface area contributed by atoms with Crippen LogP contribution in [0, 0.1) is 10.1 Å². The molecule has 0 amide bonds. The number of anilines is 1. The first-order chi connectivity index (χ1) is 11.8. The Labute approximate surface area is 153 Å². The van der Waals surface area contributed by atoms with Crippen molar-refractivity contribution in [3.8, 4) is 0 Å². The Kier molecular flexibility index (Phi) is 6.21. The van der Waals surface area contributed by atoms with Crippen LogP contribution >= 0.6 is 11.6 Å². The van der Waals surface area contributed by atoms with E-state index < -0.39 is 4.92 Å². The van der Waals surface area contributed by atoms with Crippen molar-refractivity contribution in [3.63, 3.8) is 0 Å². The number of rotatable bonds is 7. The summed E-state index contributed by atoms with van der Waals surface area (Å²) in [6, 6.07) is 11.0. The number of non-ortho nitro benzene ring substituents is 1. The van der Waals surface area contributed by atoms with Gasteiger partial charge in [-0.25, -0.2) is 0 Å². The van der Waals surface area contributed by atoms with Gasteiger partial charge in [-0.2, -0.15) is 0 Å². The van der Waals surface area contributed by atoms with Crippen LogP contribution in [0.1, 0.15) is 54.3 Å². The molecule has 0 spiro atoms. The van der Waals surface area contributed by atoms with E-state index in [0.717, 1.165) is 22.4 Å². The predicted octanol–water partition coefficient (Wildman–Crippen LogP) is 6.27. The molecule has 0 aliphatic carbocycles. The van der Waals surface area contributed by atoms with Gasteiger partial charge in [-0.05, 0) is 41.2 Å². The molecule has 1 N–H and O–H groups in total. The molecule has 0 aliphatic heterocycles. The highest BCUT2D eigenvalue weighted by Crippen LogP contribution is 2.34. The first-order valence-electron chi connectivity index (χ1n) is 8.25. The molecule has 0 radical (unpaired) electrons. The molecule has 4 nitrogen and oxygen atoms in total. The second kappa shape index (κ2) is 8.17.